The van der Waals surface area contributed by atoms with Crippen molar-refractivity contribution in [3.05, 3.63) is 26.4 Å². The molecule has 0 aromatic carbocycles. The normalized spacial score (nSPS) is 11.7. The number of esters is 1. The Hall–Kier alpha value is -0.850. The van der Waals surface area contributed by atoms with Gasteiger partial charge in [0, 0.05) is 4.88 Å². The summed E-state index contributed by atoms with van der Waals surface area (Å²) in [6.07, 6.45) is 0.788. The molecule has 0 aliphatic rings. The van der Waals surface area contributed by atoms with Gasteiger partial charge in [-0.05, 0) is 60.8 Å². The number of carbonyl (C=O) groups excluding carboxylic acids is 1. The van der Waals surface area contributed by atoms with Crippen LogP contribution in [0, 0.1) is 0 Å². The van der Waals surface area contributed by atoms with E-state index in [2.05, 4.69) is 15.9 Å². The average molecular weight is 388 g/mol. The highest BCUT2D eigenvalue weighted by Gasteiger charge is 2.25. The van der Waals surface area contributed by atoms with Crippen LogP contribution in [0.15, 0.2) is 15.9 Å². The molecule has 2 heterocycles. The Morgan fingerprint density at radius 3 is 2.48 bits per heavy atom. The molecule has 0 saturated carbocycles. The molecule has 2 aromatic heterocycles. The molecule has 0 atom stereocenters. The summed E-state index contributed by atoms with van der Waals surface area (Å²) in [5.74, 6) is -0.346. The third-order valence-corrected chi connectivity index (χ3v) is 5.81. The van der Waals surface area contributed by atoms with Crippen molar-refractivity contribution in [2.24, 2.45) is 0 Å². The lowest BCUT2D eigenvalue weighted by Gasteiger charge is -2.19. The second-order valence-electron chi connectivity index (χ2n) is 5.61. The Bertz CT molecular complexity index is 668. The summed E-state index contributed by atoms with van der Waals surface area (Å²) >= 11 is 6.52. The molecule has 3 nitrogen and oxygen atoms in total. The molecular weight excluding hydrogens is 370 g/mol. The van der Waals surface area contributed by atoms with E-state index in [-0.39, 0.29) is 5.97 Å². The number of ether oxygens (including phenoxy) is 1. The van der Waals surface area contributed by atoms with Crippen molar-refractivity contribution in [2.75, 3.05) is 5.73 Å². The van der Waals surface area contributed by atoms with Crippen LogP contribution in [-0.2, 0) is 11.2 Å². The molecule has 0 bridgehead atoms. The van der Waals surface area contributed by atoms with E-state index in [4.69, 9.17) is 10.5 Å². The molecule has 2 N–H and O–H groups in total. The van der Waals surface area contributed by atoms with Crippen LogP contribution in [0.4, 0.5) is 5.69 Å². The monoisotopic (exact) mass is 387 g/mol. The van der Waals surface area contributed by atoms with Crippen molar-refractivity contribution in [1.82, 2.24) is 0 Å². The van der Waals surface area contributed by atoms with Gasteiger partial charge in [0.15, 0.2) is 0 Å². The van der Waals surface area contributed by atoms with E-state index in [0.717, 1.165) is 25.5 Å². The molecule has 0 spiro atoms. The lowest BCUT2D eigenvalue weighted by molar-refractivity contribution is 0.00763. The van der Waals surface area contributed by atoms with Crippen LogP contribution >= 0.6 is 38.6 Å². The summed E-state index contributed by atoms with van der Waals surface area (Å²) in [5.41, 5.74) is 7.23. The van der Waals surface area contributed by atoms with E-state index < -0.39 is 5.60 Å². The van der Waals surface area contributed by atoms with Gasteiger partial charge in [-0.3, -0.25) is 0 Å². The van der Waals surface area contributed by atoms with Gasteiger partial charge in [-0.1, -0.05) is 6.92 Å². The SMILES string of the molecule is CCc1c(-c2ccc(Br)s2)sc(C(=O)OC(C)(C)C)c1N. The summed E-state index contributed by atoms with van der Waals surface area (Å²) < 4.78 is 6.50. The van der Waals surface area contributed by atoms with Gasteiger partial charge in [-0.2, -0.15) is 0 Å². The Balaban J connectivity index is 2.45. The predicted molar refractivity (Wildman–Crippen MR) is 94.3 cm³/mol. The summed E-state index contributed by atoms with van der Waals surface area (Å²) in [6.45, 7) is 7.61. The van der Waals surface area contributed by atoms with Gasteiger partial charge in [-0.25, -0.2) is 4.79 Å². The van der Waals surface area contributed by atoms with Crippen LogP contribution < -0.4 is 5.73 Å². The van der Waals surface area contributed by atoms with E-state index >= 15 is 0 Å². The Morgan fingerprint density at radius 1 is 1.33 bits per heavy atom. The number of halogens is 1. The van der Waals surface area contributed by atoms with Crippen LogP contribution in [0.3, 0.4) is 0 Å². The highest BCUT2D eigenvalue weighted by Crippen LogP contribution is 2.43. The van der Waals surface area contributed by atoms with Gasteiger partial charge in [-0.15, -0.1) is 22.7 Å². The minimum absolute atomic E-state index is 0.346. The molecule has 0 fully saturated rings. The zero-order valence-electron chi connectivity index (χ0n) is 12.5. The molecule has 0 aliphatic carbocycles. The van der Waals surface area contributed by atoms with Gasteiger partial charge < -0.3 is 10.5 Å². The van der Waals surface area contributed by atoms with Crippen molar-refractivity contribution < 1.29 is 9.53 Å². The lowest BCUT2D eigenvalue weighted by atomic mass is 10.1. The highest BCUT2D eigenvalue weighted by molar-refractivity contribution is 9.11. The number of carbonyl (C=O) groups is 1. The summed E-state index contributed by atoms with van der Waals surface area (Å²) in [5, 5.41) is 0. The zero-order chi connectivity index (χ0) is 15.8. The van der Waals surface area contributed by atoms with Gasteiger partial charge in [0.05, 0.1) is 14.4 Å². The molecular formula is C15H18BrNO2S2. The fourth-order valence-corrected chi connectivity index (χ4v) is 4.65. The standard InChI is InChI=1S/C15H18BrNO2S2/c1-5-8-11(17)13(14(18)19-15(2,3)4)21-12(8)9-6-7-10(16)20-9/h6-7H,5,17H2,1-4H3. The maximum atomic E-state index is 12.3. The molecule has 2 aromatic rings. The minimum atomic E-state index is -0.522. The number of hydrogen-bond acceptors (Lipinski definition) is 5. The highest BCUT2D eigenvalue weighted by atomic mass is 79.9. The maximum Gasteiger partial charge on any atom is 0.351 e. The van der Waals surface area contributed by atoms with Crippen molar-refractivity contribution in [3.8, 4) is 9.75 Å². The van der Waals surface area contributed by atoms with E-state index in [0.29, 0.717) is 10.6 Å². The van der Waals surface area contributed by atoms with E-state index in [9.17, 15) is 4.79 Å². The van der Waals surface area contributed by atoms with Gasteiger partial charge in [0.2, 0.25) is 0 Å². The van der Waals surface area contributed by atoms with E-state index in [1.54, 1.807) is 11.3 Å². The molecule has 0 radical (unpaired) electrons. The molecule has 6 heteroatoms. The largest absolute Gasteiger partial charge is 0.456 e. The second kappa shape index (κ2) is 6.10. The first-order chi connectivity index (χ1) is 9.73. The smallest absolute Gasteiger partial charge is 0.351 e. The molecule has 0 amide bonds. The lowest BCUT2D eigenvalue weighted by Crippen LogP contribution is -2.23. The van der Waals surface area contributed by atoms with Gasteiger partial charge >= 0.3 is 5.97 Å². The third-order valence-electron chi connectivity index (χ3n) is 2.78. The number of thiophene rings is 2. The molecule has 2 rings (SSSR count). The second-order valence-corrected chi connectivity index (χ2v) is 9.10. The van der Waals surface area contributed by atoms with Crippen LogP contribution in [-0.4, -0.2) is 11.6 Å². The molecule has 0 saturated heterocycles. The fourth-order valence-electron chi connectivity index (χ4n) is 1.94. The van der Waals surface area contributed by atoms with E-state index in [1.807, 2.05) is 39.8 Å². The summed E-state index contributed by atoms with van der Waals surface area (Å²) in [6, 6.07) is 4.04. The number of nitrogen functional groups attached to an aromatic ring is 1. The third kappa shape index (κ3) is 3.67. The number of anilines is 1. The fraction of sp³-hybridized carbons (Fsp3) is 0.400. The van der Waals surface area contributed by atoms with E-state index in [1.165, 1.54) is 11.3 Å². The average Bonchev–Trinajstić information content (AvgIpc) is 2.90. The predicted octanol–water partition coefficient (Wildman–Crippen LogP) is 5.34. The first-order valence-electron chi connectivity index (χ1n) is 6.63. The quantitative estimate of drug-likeness (QED) is 0.723. The minimum Gasteiger partial charge on any atom is -0.456 e. The number of hydrogen-bond donors (Lipinski definition) is 1. The Morgan fingerprint density at radius 2 is 2.00 bits per heavy atom. The van der Waals surface area contributed by atoms with Crippen molar-refractivity contribution >= 4 is 50.3 Å². The number of rotatable bonds is 3. The van der Waals surface area contributed by atoms with Crippen molar-refractivity contribution in [1.29, 1.82) is 0 Å². The number of nitrogens with two attached hydrogens (primary N) is 1. The maximum absolute atomic E-state index is 12.3. The molecule has 21 heavy (non-hydrogen) atoms. The van der Waals surface area contributed by atoms with Gasteiger partial charge in [0.25, 0.3) is 0 Å². The van der Waals surface area contributed by atoms with Crippen LogP contribution in [0.5, 0.6) is 0 Å². The van der Waals surface area contributed by atoms with Crippen molar-refractivity contribution in [2.45, 2.75) is 39.7 Å². The van der Waals surface area contributed by atoms with Crippen LogP contribution in [0.25, 0.3) is 9.75 Å². The topological polar surface area (TPSA) is 52.3 Å². The molecule has 0 aliphatic heterocycles. The first-order valence-corrected chi connectivity index (χ1v) is 9.05. The first kappa shape index (κ1) is 16.5. The van der Waals surface area contributed by atoms with Crippen LogP contribution in [0.1, 0.15) is 42.9 Å². The molecule has 114 valence electrons. The van der Waals surface area contributed by atoms with Crippen molar-refractivity contribution in [3.63, 3.8) is 0 Å². The summed E-state index contributed by atoms with van der Waals surface area (Å²) in [7, 11) is 0. The van der Waals surface area contributed by atoms with Crippen LogP contribution in [0.2, 0.25) is 0 Å². The summed E-state index contributed by atoms with van der Waals surface area (Å²) in [4.78, 5) is 15.0. The zero-order valence-corrected chi connectivity index (χ0v) is 15.7. The Labute approximate surface area is 141 Å². The molecule has 0 unspecified atom stereocenters. The Kier molecular flexibility index (Phi) is 4.80. The van der Waals surface area contributed by atoms with Gasteiger partial charge in [0.1, 0.15) is 10.5 Å².